The minimum atomic E-state index is -0.628. The number of hydrogen-bond acceptors (Lipinski definition) is 3. The van der Waals surface area contributed by atoms with Crippen molar-refractivity contribution in [2.24, 2.45) is 0 Å². The number of aromatic nitrogens is 1. The molecule has 1 aliphatic carbocycles. The quantitative estimate of drug-likeness (QED) is 0.676. The van der Waals surface area contributed by atoms with Gasteiger partial charge in [-0.05, 0) is 18.6 Å². The van der Waals surface area contributed by atoms with Crippen LogP contribution < -0.4 is 8.66 Å². The number of aryl methyl sites for hydroxylation is 1. The molecule has 0 unspecified atom stereocenters. The van der Waals surface area contributed by atoms with Crippen molar-refractivity contribution in [1.82, 2.24) is 4.98 Å². The predicted octanol–water partition coefficient (Wildman–Crippen LogP) is 1.96. The van der Waals surface area contributed by atoms with E-state index in [0.29, 0.717) is 5.88 Å². The molecule has 15 heavy (non-hydrogen) atoms. The highest BCUT2D eigenvalue weighted by atomic mass is 79.9. The van der Waals surface area contributed by atoms with Crippen LogP contribution in [0.5, 0.6) is 5.88 Å². The van der Waals surface area contributed by atoms with Gasteiger partial charge in [0.25, 0.3) is 5.91 Å². The second-order valence-corrected chi connectivity index (χ2v) is 4.67. The molecule has 1 aromatic heterocycles. The summed E-state index contributed by atoms with van der Waals surface area (Å²) >= 11 is 3.28. The van der Waals surface area contributed by atoms with Gasteiger partial charge in [-0.15, -0.1) is 0 Å². The van der Waals surface area contributed by atoms with Crippen molar-refractivity contribution >= 4 is 27.7 Å². The second-order valence-electron chi connectivity index (χ2n) is 3.96. The molecule has 1 aliphatic heterocycles. The highest BCUT2D eigenvalue weighted by molar-refractivity contribution is 9.10. The molecule has 5 heteroatoms. The maximum Gasteiger partial charge on any atom is 0.281 e. The van der Waals surface area contributed by atoms with Gasteiger partial charge in [0.05, 0.1) is 16.1 Å². The minimum Gasteiger partial charge on any atom is -0.459 e. The molecule has 1 fully saturated rings. The molecule has 0 radical (unpaired) electrons. The van der Waals surface area contributed by atoms with E-state index in [1.54, 1.807) is 6.20 Å². The van der Waals surface area contributed by atoms with E-state index < -0.39 is 5.60 Å². The Morgan fingerprint density at radius 2 is 2.33 bits per heavy atom. The van der Waals surface area contributed by atoms with Gasteiger partial charge in [0.2, 0.25) is 5.88 Å². The topological polar surface area (TPSA) is 42.4 Å². The van der Waals surface area contributed by atoms with Gasteiger partial charge in [-0.3, -0.25) is 4.79 Å². The van der Waals surface area contributed by atoms with Gasteiger partial charge in [-0.25, -0.2) is 8.91 Å². The molecule has 0 N–H and O–H groups in total. The highest BCUT2D eigenvalue weighted by Crippen LogP contribution is 2.50. The highest BCUT2D eigenvalue weighted by Gasteiger charge is 2.58. The Bertz CT molecular complexity index is 457. The van der Waals surface area contributed by atoms with E-state index in [1.807, 2.05) is 13.0 Å². The van der Waals surface area contributed by atoms with Crippen LogP contribution in [0.3, 0.4) is 0 Å². The third-order valence-electron chi connectivity index (χ3n) is 2.85. The molecule has 1 amide bonds. The summed E-state index contributed by atoms with van der Waals surface area (Å²) in [6, 6.07) is 1.86. The molecule has 78 valence electrons. The molecule has 2 aliphatic rings. The Morgan fingerprint density at radius 3 is 3.00 bits per heavy atom. The zero-order valence-electron chi connectivity index (χ0n) is 8.16. The third kappa shape index (κ3) is 1.13. The molecule has 0 aromatic carbocycles. The molecule has 0 saturated heterocycles. The van der Waals surface area contributed by atoms with E-state index in [-0.39, 0.29) is 5.91 Å². The standard InChI is InChI=1S/C10H9BrN2O2/c1-6-2-5-12-8-7(6)13(11)9(14)10(15-8)3-4-10/h2,5H,3-4H2,1H3. The monoisotopic (exact) mass is 268 g/mol. The maximum absolute atomic E-state index is 12.0. The Balaban J connectivity index is 2.17. The molecule has 0 atom stereocenters. The summed E-state index contributed by atoms with van der Waals surface area (Å²) in [5.74, 6) is 0.523. The zero-order chi connectivity index (χ0) is 10.6. The van der Waals surface area contributed by atoms with Gasteiger partial charge < -0.3 is 4.74 Å². The summed E-state index contributed by atoms with van der Waals surface area (Å²) in [6.45, 7) is 1.93. The number of fused-ring (bicyclic) bond motifs is 1. The molecular weight excluding hydrogens is 260 g/mol. The average molecular weight is 269 g/mol. The predicted molar refractivity (Wildman–Crippen MR) is 58.0 cm³/mol. The fourth-order valence-electron chi connectivity index (χ4n) is 1.78. The van der Waals surface area contributed by atoms with E-state index in [2.05, 4.69) is 21.1 Å². The first-order valence-electron chi connectivity index (χ1n) is 4.79. The number of hydrogen-bond donors (Lipinski definition) is 0. The first-order valence-corrected chi connectivity index (χ1v) is 5.50. The molecule has 1 aromatic rings. The molecule has 0 bridgehead atoms. The van der Waals surface area contributed by atoms with Crippen LogP contribution in [-0.2, 0) is 4.79 Å². The molecule has 4 nitrogen and oxygen atoms in total. The van der Waals surface area contributed by atoms with Gasteiger partial charge in [-0.1, -0.05) is 0 Å². The second kappa shape index (κ2) is 2.72. The van der Waals surface area contributed by atoms with Crippen LogP contribution in [0.25, 0.3) is 0 Å². The Hall–Kier alpha value is -1.10. The Morgan fingerprint density at radius 1 is 1.60 bits per heavy atom. The molecule has 3 rings (SSSR count). The van der Waals surface area contributed by atoms with E-state index in [4.69, 9.17) is 4.74 Å². The fourth-order valence-corrected chi connectivity index (χ4v) is 2.53. The third-order valence-corrected chi connectivity index (χ3v) is 3.53. The molecule has 2 heterocycles. The number of carbonyl (C=O) groups excluding carboxylic acids is 1. The summed E-state index contributed by atoms with van der Waals surface area (Å²) in [4.78, 5) is 16.1. The van der Waals surface area contributed by atoms with Gasteiger partial charge in [-0.2, -0.15) is 0 Å². The Labute approximate surface area is 95.6 Å². The Kier molecular flexibility index (Phi) is 1.66. The molecule has 1 spiro atoms. The number of rotatable bonds is 0. The van der Waals surface area contributed by atoms with Crippen LogP contribution in [-0.4, -0.2) is 16.5 Å². The lowest BCUT2D eigenvalue weighted by atomic mass is 10.2. The number of pyridine rings is 1. The van der Waals surface area contributed by atoms with E-state index in [0.717, 1.165) is 24.1 Å². The average Bonchev–Trinajstić information content (AvgIpc) is 2.95. The number of nitrogens with zero attached hydrogens (tertiary/aromatic N) is 2. The van der Waals surface area contributed by atoms with Crippen molar-refractivity contribution in [3.8, 4) is 5.88 Å². The normalized spacial score (nSPS) is 21.2. The number of carbonyl (C=O) groups is 1. The molecule has 1 saturated carbocycles. The van der Waals surface area contributed by atoms with Crippen LogP contribution in [0.2, 0.25) is 0 Å². The lowest BCUT2D eigenvalue weighted by Gasteiger charge is -2.30. The molecular formula is C10H9BrN2O2. The van der Waals surface area contributed by atoms with Crippen LogP contribution >= 0.6 is 16.1 Å². The summed E-state index contributed by atoms with van der Waals surface area (Å²) < 4.78 is 7.15. The van der Waals surface area contributed by atoms with Crippen molar-refractivity contribution < 1.29 is 9.53 Å². The lowest BCUT2D eigenvalue weighted by Crippen LogP contribution is -2.43. The number of ether oxygens (including phenoxy) is 1. The largest absolute Gasteiger partial charge is 0.459 e. The van der Waals surface area contributed by atoms with Gasteiger partial charge >= 0.3 is 0 Å². The van der Waals surface area contributed by atoms with Gasteiger partial charge in [0, 0.05) is 19.0 Å². The number of amides is 1. The van der Waals surface area contributed by atoms with Crippen molar-refractivity contribution in [3.05, 3.63) is 17.8 Å². The smallest absolute Gasteiger partial charge is 0.281 e. The van der Waals surface area contributed by atoms with Crippen LogP contribution in [0.15, 0.2) is 12.3 Å². The summed E-state index contributed by atoms with van der Waals surface area (Å²) in [5, 5.41) is 0. The van der Waals surface area contributed by atoms with Crippen molar-refractivity contribution in [2.75, 3.05) is 3.93 Å². The van der Waals surface area contributed by atoms with Crippen molar-refractivity contribution in [1.29, 1.82) is 0 Å². The number of anilines is 1. The fraction of sp³-hybridized carbons (Fsp3) is 0.400. The van der Waals surface area contributed by atoms with E-state index >= 15 is 0 Å². The SMILES string of the molecule is Cc1ccnc2c1N(Br)C(=O)C1(CC1)O2. The summed E-state index contributed by atoms with van der Waals surface area (Å²) in [5.41, 5.74) is 1.07. The van der Waals surface area contributed by atoms with Gasteiger partial charge in [0.15, 0.2) is 5.60 Å². The maximum atomic E-state index is 12.0. The first kappa shape index (κ1) is 9.15. The summed E-state index contributed by atoms with van der Waals surface area (Å²) in [7, 11) is 0. The minimum absolute atomic E-state index is 0.0221. The zero-order valence-corrected chi connectivity index (χ0v) is 9.74. The first-order chi connectivity index (χ1) is 7.14. The van der Waals surface area contributed by atoms with Crippen LogP contribution in [0, 0.1) is 6.92 Å². The van der Waals surface area contributed by atoms with Crippen molar-refractivity contribution in [3.63, 3.8) is 0 Å². The van der Waals surface area contributed by atoms with Crippen molar-refractivity contribution in [2.45, 2.75) is 25.4 Å². The number of halogens is 1. The van der Waals surface area contributed by atoms with Gasteiger partial charge in [0.1, 0.15) is 5.69 Å². The van der Waals surface area contributed by atoms with E-state index in [1.165, 1.54) is 3.93 Å². The van der Waals surface area contributed by atoms with Crippen LogP contribution in [0.1, 0.15) is 18.4 Å². The van der Waals surface area contributed by atoms with Crippen LogP contribution in [0.4, 0.5) is 5.69 Å². The lowest BCUT2D eigenvalue weighted by molar-refractivity contribution is -0.126. The summed E-state index contributed by atoms with van der Waals surface area (Å²) in [6.07, 6.45) is 3.26. The van der Waals surface area contributed by atoms with E-state index in [9.17, 15) is 4.79 Å².